The number of ether oxygens (including phenoxy) is 1. The number of esters is 1. The maximum atomic E-state index is 12.1. The fraction of sp³-hybridized carbons (Fsp3) is 0.412. The van der Waals surface area contributed by atoms with Crippen molar-refractivity contribution >= 4 is 22.7 Å². The molecule has 0 unspecified atom stereocenters. The molecule has 21 heavy (non-hydrogen) atoms. The molecule has 0 aliphatic heterocycles. The zero-order valence-corrected chi connectivity index (χ0v) is 12.8. The minimum Gasteiger partial charge on any atom is -0.468 e. The smallest absolute Gasteiger partial charge is 0.316 e. The largest absolute Gasteiger partial charge is 0.468 e. The summed E-state index contributed by atoms with van der Waals surface area (Å²) in [6.45, 7) is 5.49. The molecule has 1 aromatic heterocycles. The van der Waals surface area contributed by atoms with Crippen LogP contribution in [0.2, 0.25) is 0 Å². The molecular formula is C17H21NO3. The first kappa shape index (κ1) is 15.3. The van der Waals surface area contributed by atoms with Crippen molar-refractivity contribution in [1.82, 2.24) is 4.98 Å². The van der Waals surface area contributed by atoms with Crippen LogP contribution < -0.4 is 0 Å². The number of aromatic amines is 1. The van der Waals surface area contributed by atoms with Crippen LogP contribution in [0.5, 0.6) is 0 Å². The average molecular weight is 287 g/mol. The number of benzene rings is 1. The third-order valence-corrected chi connectivity index (χ3v) is 3.95. The first-order chi connectivity index (χ1) is 9.97. The van der Waals surface area contributed by atoms with Crippen molar-refractivity contribution in [2.45, 2.75) is 26.7 Å². The highest BCUT2D eigenvalue weighted by atomic mass is 16.5. The quantitative estimate of drug-likeness (QED) is 0.678. The maximum Gasteiger partial charge on any atom is 0.316 e. The van der Waals surface area contributed by atoms with Gasteiger partial charge in [0.25, 0.3) is 0 Å². The fourth-order valence-corrected chi connectivity index (χ4v) is 2.99. The molecule has 2 atom stereocenters. The number of hydrogen-bond acceptors (Lipinski definition) is 3. The van der Waals surface area contributed by atoms with E-state index in [0.29, 0.717) is 0 Å². The molecule has 112 valence electrons. The molecule has 4 heteroatoms. The molecule has 0 bridgehead atoms. The Kier molecular flexibility index (Phi) is 4.46. The van der Waals surface area contributed by atoms with Crippen LogP contribution in [0.25, 0.3) is 10.9 Å². The van der Waals surface area contributed by atoms with Crippen LogP contribution >= 0.6 is 0 Å². The summed E-state index contributed by atoms with van der Waals surface area (Å²) in [4.78, 5) is 27.3. The lowest BCUT2D eigenvalue weighted by molar-refractivity contribution is -0.150. The summed E-state index contributed by atoms with van der Waals surface area (Å²) in [5.74, 6) is -1.46. The summed E-state index contributed by atoms with van der Waals surface area (Å²) in [5.41, 5.74) is 2.00. The number of nitrogens with one attached hydrogen (secondary N) is 1. The van der Waals surface area contributed by atoms with Crippen molar-refractivity contribution in [1.29, 1.82) is 0 Å². The van der Waals surface area contributed by atoms with E-state index in [9.17, 15) is 9.59 Å². The molecule has 0 spiro atoms. The van der Waals surface area contributed by atoms with Crippen molar-refractivity contribution < 1.29 is 14.3 Å². The molecular weight excluding hydrogens is 266 g/mol. The molecule has 0 aliphatic rings. The summed E-state index contributed by atoms with van der Waals surface area (Å²) in [6.07, 6.45) is 1.90. The standard InChI is InChI=1S/C17H21NO3/c1-10(2)15(16(11(3)19)17(20)21-4)13-9-18-14-8-6-5-7-12(13)14/h5-10,15-16,18H,1-4H3/t15-,16-/m0/s1. The Labute approximate surface area is 124 Å². The third kappa shape index (κ3) is 2.84. The zero-order valence-electron chi connectivity index (χ0n) is 12.8. The van der Waals surface area contributed by atoms with E-state index >= 15 is 0 Å². The van der Waals surface area contributed by atoms with E-state index in [-0.39, 0.29) is 17.6 Å². The Morgan fingerprint density at radius 1 is 1.19 bits per heavy atom. The normalized spacial score (nSPS) is 14.1. The zero-order chi connectivity index (χ0) is 15.6. The number of ketones is 1. The van der Waals surface area contributed by atoms with Crippen LogP contribution in [0, 0.1) is 11.8 Å². The fourth-order valence-electron chi connectivity index (χ4n) is 2.99. The van der Waals surface area contributed by atoms with Gasteiger partial charge in [0, 0.05) is 23.0 Å². The van der Waals surface area contributed by atoms with Gasteiger partial charge in [0.2, 0.25) is 0 Å². The van der Waals surface area contributed by atoms with E-state index in [2.05, 4.69) is 4.98 Å². The molecule has 0 aliphatic carbocycles. The Bertz CT molecular complexity index is 657. The lowest BCUT2D eigenvalue weighted by atomic mass is 9.76. The van der Waals surface area contributed by atoms with Crippen LogP contribution in [-0.4, -0.2) is 23.8 Å². The van der Waals surface area contributed by atoms with Gasteiger partial charge in [-0.25, -0.2) is 0 Å². The maximum absolute atomic E-state index is 12.1. The van der Waals surface area contributed by atoms with Gasteiger partial charge in [-0.15, -0.1) is 0 Å². The summed E-state index contributed by atoms with van der Waals surface area (Å²) >= 11 is 0. The Morgan fingerprint density at radius 2 is 1.86 bits per heavy atom. The molecule has 2 rings (SSSR count). The van der Waals surface area contributed by atoms with Gasteiger partial charge in [-0.3, -0.25) is 9.59 Å². The molecule has 0 radical (unpaired) electrons. The second-order valence-corrected chi connectivity index (χ2v) is 5.67. The number of carbonyl (C=O) groups excluding carboxylic acids is 2. The SMILES string of the molecule is COC(=O)[C@@H](C(C)=O)[C@H](c1c[nH]c2ccccc12)C(C)C. The second-order valence-electron chi connectivity index (χ2n) is 5.67. The van der Waals surface area contributed by atoms with Gasteiger partial charge < -0.3 is 9.72 Å². The highest BCUT2D eigenvalue weighted by Gasteiger charge is 2.37. The molecule has 0 saturated carbocycles. The topological polar surface area (TPSA) is 59.2 Å². The van der Waals surface area contributed by atoms with Gasteiger partial charge in [-0.05, 0) is 24.5 Å². The van der Waals surface area contributed by atoms with Gasteiger partial charge >= 0.3 is 5.97 Å². The van der Waals surface area contributed by atoms with Gasteiger partial charge in [0.1, 0.15) is 11.7 Å². The van der Waals surface area contributed by atoms with Crippen LogP contribution in [0.15, 0.2) is 30.5 Å². The number of H-pyrrole nitrogens is 1. The van der Waals surface area contributed by atoms with E-state index in [1.807, 2.05) is 44.3 Å². The van der Waals surface area contributed by atoms with Gasteiger partial charge in [-0.2, -0.15) is 0 Å². The van der Waals surface area contributed by atoms with Crippen LogP contribution in [0.1, 0.15) is 32.3 Å². The van der Waals surface area contributed by atoms with Crippen molar-refractivity contribution in [3.05, 3.63) is 36.0 Å². The van der Waals surface area contributed by atoms with E-state index in [1.165, 1.54) is 14.0 Å². The van der Waals surface area contributed by atoms with Crippen LogP contribution in [0.3, 0.4) is 0 Å². The summed E-state index contributed by atoms with van der Waals surface area (Å²) in [7, 11) is 1.32. The van der Waals surface area contributed by atoms with E-state index in [1.54, 1.807) is 0 Å². The number of aromatic nitrogens is 1. The van der Waals surface area contributed by atoms with Crippen molar-refractivity contribution in [3.8, 4) is 0 Å². The number of para-hydroxylation sites is 1. The van der Waals surface area contributed by atoms with Gasteiger partial charge in [0.15, 0.2) is 0 Å². The van der Waals surface area contributed by atoms with Crippen LogP contribution in [0.4, 0.5) is 0 Å². The second kappa shape index (κ2) is 6.12. The minimum absolute atomic E-state index is 0.136. The Balaban J connectivity index is 2.57. The van der Waals surface area contributed by atoms with E-state index in [4.69, 9.17) is 4.74 Å². The number of carbonyl (C=O) groups is 2. The van der Waals surface area contributed by atoms with E-state index < -0.39 is 11.9 Å². The van der Waals surface area contributed by atoms with Crippen molar-refractivity contribution in [3.63, 3.8) is 0 Å². The van der Waals surface area contributed by atoms with Crippen LogP contribution in [-0.2, 0) is 14.3 Å². The average Bonchev–Trinajstić information content (AvgIpc) is 2.86. The molecule has 2 aromatic rings. The Hall–Kier alpha value is -2.10. The molecule has 0 amide bonds. The number of hydrogen-bond donors (Lipinski definition) is 1. The molecule has 0 fully saturated rings. The number of Topliss-reactive ketones (excluding diaryl/α,β-unsaturated/α-hetero) is 1. The van der Waals surface area contributed by atoms with Crippen molar-refractivity contribution in [2.75, 3.05) is 7.11 Å². The first-order valence-corrected chi connectivity index (χ1v) is 7.11. The summed E-state index contributed by atoms with van der Waals surface area (Å²) in [5, 5.41) is 1.05. The molecule has 1 heterocycles. The highest BCUT2D eigenvalue weighted by molar-refractivity contribution is 5.99. The lowest BCUT2D eigenvalue weighted by Gasteiger charge is -2.26. The summed E-state index contributed by atoms with van der Waals surface area (Å²) < 4.78 is 4.84. The van der Waals surface area contributed by atoms with E-state index in [0.717, 1.165) is 16.5 Å². The van der Waals surface area contributed by atoms with Gasteiger partial charge in [0.05, 0.1) is 7.11 Å². The Morgan fingerprint density at radius 3 is 2.43 bits per heavy atom. The molecule has 4 nitrogen and oxygen atoms in total. The van der Waals surface area contributed by atoms with Crippen molar-refractivity contribution in [2.24, 2.45) is 11.8 Å². The number of rotatable bonds is 5. The minimum atomic E-state index is -0.769. The molecule has 0 saturated heterocycles. The number of methoxy groups -OCH3 is 1. The monoisotopic (exact) mass is 287 g/mol. The number of fused-ring (bicyclic) bond motifs is 1. The predicted octanol–water partition coefficient (Wildman–Crippen LogP) is 3.29. The predicted molar refractivity (Wildman–Crippen MR) is 82.1 cm³/mol. The van der Waals surface area contributed by atoms with Gasteiger partial charge in [-0.1, -0.05) is 32.0 Å². The first-order valence-electron chi connectivity index (χ1n) is 7.11. The molecule has 1 N–H and O–H groups in total. The molecule has 1 aromatic carbocycles. The third-order valence-electron chi connectivity index (χ3n) is 3.95. The summed E-state index contributed by atoms with van der Waals surface area (Å²) in [6, 6.07) is 7.90. The lowest BCUT2D eigenvalue weighted by Crippen LogP contribution is -2.32. The highest BCUT2D eigenvalue weighted by Crippen LogP contribution is 2.37.